The van der Waals surface area contributed by atoms with Gasteiger partial charge in [-0.2, -0.15) is 0 Å². The Hall–Kier alpha value is -1.59. The van der Waals surface area contributed by atoms with Gasteiger partial charge in [-0.05, 0) is 44.5 Å². The van der Waals surface area contributed by atoms with Gasteiger partial charge in [0.1, 0.15) is 0 Å². The van der Waals surface area contributed by atoms with Crippen molar-refractivity contribution < 1.29 is 9.59 Å². The first-order valence-corrected chi connectivity index (χ1v) is 6.46. The molecule has 5 nitrogen and oxygen atoms in total. The van der Waals surface area contributed by atoms with Gasteiger partial charge in [-0.1, -0.05) is 6.07 Å². The minimum atomic E-state index is -0.101. The van der Waals surface area contributed by atoms with Crippen LogP contribution >= 0.6 is 12.4 Å². The molecule has 2 rings (SSSR count). The van der Waals surface area contributed by atoms with Gasteiger partial charge in [-0.15, -0.1) is 12.4 Å². The van der Waals surface area contributed by atoms with Crippen LogP contribution in [0.2, 0.25) is 0 Å². The van der Waals surface area contributed by atoms with Gasteiger partial charge < -0.3 is 16.0 Å². The molecule has 1 aromatic carbocycles. The maximum Gasteiger partial charge on any atom is 0.238 e. The van der Waals surface area contributed by atoms with Gasteiger partial charge in [0.25, 0.3) is 0 Å². The highest BCUT2D eigenvalue weighted by Gasteiger charge is 2.29. The fourth-order valence-corrected chi connectivity index (χ4v) is 1.78. The number of carbonyl (C=O) groups excluding carboxylic acids is 2. The molecule has 1 saturated carbocycles. The molecule has 110 valence electrons. The summed E-state index contributed by atoms with van der Waals surface area (Å²) in [7, 11) is 1.72. The number of carbonyl (C=O) groups is 2. The van der Waals surface area contributed by atoms with E-state index in [1.54, 1.807) is 13.1 Å². The number of amides is 2. The van der Waals surface area contributed by atoms with Gasteiger partial charge in [0.05, 0.1) is 6.54 Å². The summed E-state index contributed by atoms with van der Waals surface area (Å²) in [6.45, 7) is 2.18. The molecule has 1 fully saturated rings. The molecule has 0 spiro atoms. The Bertz CT molecular complexity index is 501. The maximum atomic E-state index is 11.7. The number of benzene rings is 1. The SMILES string of the molecule is CNCC(=O)Nc1cc(NC(=O)C2CC2)ccc1C.Cl. The van der Waals surface area contributed by atoms with E-state index in [2.05, 4.69) is 16.0 Å². The monoisotopic (exact) mass is 297 g/mol. The molecule has 0 bridgehead atoms. The van der Waals surface area contributed by atoms with Crippen LogP contribution in [0.15, 0.2) is 18.2 Å². The topological polar surface area (TPSA) is 70.2 Å². The Morgan fingerprint density at radius 1 is 1.25 bits per heavy atom. The van der Waals surface area contributed by atoms with Gasteiger partial charge in [-0.25, -0.2) is 0 Å². The third kappa shape index (κ3) is 4.51. The van der Waals surface area contributed by atoms with E-state index in [0.717, 1.165) is 29.8 Å². The van der Waals surface area contributed by atoms with Crippen molar-refractivity contribution in [3.63, 3.8) is 0 Å². The van der Waals surface area contributed by atoms with Gasteiger partial charge in [0.2, 0.25) is 11.8 Å². The molecule has 0 atom stereocenters. The lowest BCUT2D eigenvalue weighted by Gasteiger charge is -2.11. The molecule has 0 saturated heterocycles. The summed E-state index contributed by atoms with van der Waals surface area (Å²) in [5, 5.41) is 8.48. The Morgan fingerprint density at radius 2 is 1.95 bits per heavy atom. The molecule has 0 radical (unpaired) electrons. The zero-order valence-electron chi connectivity index (χ0n) is 11.7. The molecular weight excluding hydrogens is 278 g/mol. The van der Waals surface area contributed by atoms with E-state index in [-0.39, 0.29) is 36.7 Å². The molecule has 0 aromatic heterocycles. The zero-order chi connectivity index (χ0) is 13.8. The fourth-order valence-electron chi connectivity index (χ4n) is 1.78. The number of halogens is 1. The lowest BCUT2D eigenvalue weighted by atomic mass is 10.1. The summed E-state index contributed by atoms with van der Waals surface area (Å²) in [5.41, 5.74) is 2.42. The van der Waals surface area contributed by atoms with Gasteiger partial charge in [-0.3, -0.25) is 9.59 Å². The van der Waals surface area contributed by atoms with E-state index in [4.69, 9.17) is 0 Å². The van der Waals surface area contributed by atoms with Gasteiger partial charge in [0, 0.05) is 17.3 Å². The molecular formula is C14H20ClN3O2. The number of nitrogens with one attached hydrogen (secondary N) is 3. The number of anilines is 2. The van der Waals surface area contributed by atoms with Crippen molar-refractivity contribution >= 4 is 35.6 Å². The summed E-state index contributed by atoms with van der Waals surface area (Å²) in [5.74, 6) is 0.135. The first-order chi connectivity index (χ1) is 9.10. The average molecular weight is 298 g/mol. The second kappa shape index (κ2) is 7.26. The molecule has 6 heteroatoms. The Morgan fingerprint density at radius 3 is 2.55 bits per heavy atom. The standard InChI is InChI=1S/C14H19N3O2.ClH/c1-9-3-6-11(16-14(19)10-4-5-10)7-12(9)17-13(18)8-15-2;/h3,6-7,10,15H,4-5,8H2,1-2H3,(H,16,19)(H,17,18);1H. The predicted molar refractivity (Wildman–Crippen MR) is 82.3 cm³/mol. The minimum absolute atomic E-state index is 0. The second-order valence-corrected chi connectivity index (χ2v) is 4.87. The van der Waals surface area contributed by atoms with Crippen LogP contribution in [0.5, 0.6) is 0 Å². The summed E-state index contributed by atoms with van der Waals surface area (Å²) in [6.07, 6.45) is 1.95. The number of likely N-dealkylation sites (N-methyl/N-ethyl adjacent to an activating group) is 1. The quantitative estimate of drug-likeness (QED) is 0.778. The summed E-state index contributed by atoms with van der Waals surface area (Å²) in [6, 6.07) is 5.53. The van der Waals surface area contributed by atoms with E-state index >= 15 is 0 Å². The third-order valence-electron chi connectivity index (χ3n) is 3.06. The van der Waals surface area contributed by atoms with Crippen molar-refractivity contribution in [2.75, 3.05) is 24.2 Å². The van der Waals surface area contributed by atoms with Crippen molar-refractivity contribution in [2.24, 2.45) is 5.92 Å². The Kier molecular flexibility index (Phi) is 5.98. The first kappa shape index (κ1) is 16.5. The van der Waals surface area contributed by atoms with Gasteiger partial charge in [0.15, 0.2) is 0 Å². The van der Waals surface area contributed by atoms with Crippen LogP contribution in [0.25, 0.3) is 0 Å². The third-order valence-corrected chi connectivity index (χ3v) is 3.06. The van der Waals surface area contributed by atoms with Crippen molar-refractivity contribution in [1.82, 2.24) is 5.32 Å². The highest BCUT2D eigenvalue weighted by molar-refractivity contribution is 5.96. The molecule has 1 aliphatic rings. The number of hydrogen-bond donors (Lipinski definition) is 3. The second-order valence-electron chi connectivity index (χ2n) is 4.87. The number of rotatable bonds is 5. The molecule has 1 aliphatic carbocycles. The predicted octanol–water partition coefficient (Wildman–Crippen LogP) is 1.92. The van der Waals surface area contributed by atoms with Crippen molar-refractivity contribution in [2.45, 2.75) is 19.8 Å². The Balaban J connectivity index is 0.00000200. The van der Waals surface area contributed by atoms with Crippen molar-refractivity contribution in [1.29, 1.82) is 0 Å². The summed E-state index contributed by atoms with van der Waals surface area (Å²) >= 11 is 0. The minimum Gasteiger partial charge on any atom is -0.326 e. The van der Waals surface area contributed by atoms with Crippen LogP contribution in [-0.4, -0.2) is 25.4 Å². The highest BCUT2D eigenvalue weighted by Crippen LogP contribution is 2.30. The van der Waals surface area contributed by atoms with E-state index in [1.165, 1.54) is 0 Å². The molecule has 0 unspecified atom stereocenters. The zero-order valence-corrected chi connectivity index (χ0v) is 12.5. The molecule has 1 aromatic rings. The maximum absolute atomic E-state index is 11.7. The van der Waals surface area contributed by atoms with E-state index < -0.39 is 0 Å². The van der Waals surface area contributed by atoms with Crippen LogP contribution in [0.3, 0.4) is 0 Å². The molecule has 0 heterocycles. The van der Waals surface area contributed by atoms with E-state index in [1.807, 2.05) is 19.1 Å². The van der Waals surface area contributed by atoms with Crippen molar-refractivity contribution in [3.8, 4) is 0 Å². The lowest BCUT2D eigenvalue weighted by Crippen LogP contribution is -2.25. The van der Waals surface area contributed by atoms with E-state index in [0.29, 0.717) is 0 Å². The number of hydrogen-bond acceptors (Lipinski definition) is 3. The van der Waals surface area contributed by atoms with Crippen LogP contribution in [0, 0.1) is 12.8 Å². The average Bonchev–Trinajstić information content (AvgIpc) is 3.17. The summed E-state index contributed by atoms with van der Waals surface area (Å²) < 4.78 is 0. The fraction of sp³-hybridized carbons (Fsp3) is 0.429. The molecule has 20 heavy (non-hydrogen) atoms. The highest BCUT2D eigenvalue weighted by atomic mass is 35.5. The Labute approximate surface area is 124 Å². The number of aryl methyl sites for hydroxylation is 1. The first-order valence-electron chi connectivity index (χ1n) is 6.46. The van der Waals surface area contributed by atoms with Crippen LogP contribution in [0.1, 0.15) is 18.4 Å². The smallest absolute Gasteiger partial charge is 0.238 e. The molecule has 3 N–H and O–H groups in total. The summed E-state index contributed by atoms with van der Waals surface area (Å²) in [4.78, 5) is 23.2. The van der Waals surface area contributed by atoms with E-state index in [9.17, 15) is 9.59 Å². The normalized spacial score (nSPS) is 13.3. The molecule has 2 amide bonds. The largest absolute Gasteiger partial charge is 0.326 e. The lowest BCUT2D eigenvalue weighted by molar-refractivity contribution is -0.117. The van der Waals surface area contributed by atoms with Crippen LogP contribution < -0.4 is 16.0 Å². The van der Waals surface area contributed by atoms with Crippen molar-refractivity contribution in [3.05, 3.63) is 23.8 Å². The molecule has 0 aliphatic heterocycles. The van der Waals surface area contributed by atoms with Crippen LogP contribution in [-0.2, 0) is 9.59 Å². The van der Waals surface area contributed by atoms with Crippen LogP contribution in [0.4, 0.5) is 11.4 Å². The van der Waals surface area contributed by atoms with Gasteiger partial charge >= 0.3 is 0 Å².